The summed E-state index contributed by atoms with van der Waals surface area (Å²) in [4.78, 5) is 59.6. The molecular formula is C54H38F2N16OS2. The van der Waals surface area contributed by atoms with Crippen LogP contribution in [0.3, 0.4) is 0 Å². The number of nitrogens with zero attached hydrogens (tertiary/aromatic N) is 12. The predicted octanol–water partition coefficient (Wildman–Crippen LogP) is 10.9. The number of pyridine rings is 6. The maximum Gasteiger partial charge on any atom is 0.228 e. The topological polar surface area (TPSA) is 214 Å². The van der Waals surface area contributed by atoms with Crippen LogP contribution in [-0.4, -0.2) is 94.7 Å². The highest BCUT2D eigenvalue weighted by atomic mass is 32.1. The smallest absolute Gasteiger partial charge is 0.228 e. The number of aromatic amines is 3. The molecule has 75 heavy (non-hydrogen) atoms. The van der Waals surface area contributed by atoms with E-state index in [1.807, 2.05) is 83.0 Å². The van der Waals surface area contributed by atoms with Crippen LogP contribution in [0.1, 0.15) is 11.1 Å². The zero-order valence-corrected chi connectivity index (χ0v) is 41.5. The lowest BCUT2D eigenvalue weighted by molar-refractivity contribution is -0.115. The van der Waals surface area contributed by atoms with Gasteiger partial charge in [0.2, 0.25) is 5.91 Å². The summed E-state index contributed by atoms with van der Waals surface area (Å²) in [5.41, 5.74) is 10.8. The number of benzene rings is 1. The fourth-order valence-corrected chi connectivity index (χ4v) is 11.0. The fourth-order valence-electron chi connectivity index (χ4n) is 9.53. The summed E-state index contributed by atoms with van der Waals surface area (Å²) in [6.45, 7) is 0.620. The number of imidazole rings is 2. The summed E-state index contributed by atoms with van der Waals surface area (Å²) >= 11 is 2.98. The van der Waals surface area contributed by atoms with Crippen molar-refractivity contribution in [3.8, 4) is 79.1 Å². The zero-order chi connectivity index (χ0) is 50.9. The van der Waals surface area contributed by atoms with E-state index < -0.39 is 11.6 Å². The van der Waals surface area contributed by atoms with Crippen LogP contribution in [0, 0.1) is 11.6 Å². The molecule has 4 N–H and O–H groups in total. The number of carbonyl (C=O) groups excluding carboxylic acids is 1. The number of nitrogens with one attached hydrogen (secondary N) is 4. The predicted molar refractivity (Wildman–Crippen MR) is 286 cm³/mol. The molecule has 0 spiro atoms. The number of aromatic nitrogens is 14. The first-order valence-corrected chi connectivity index (χ1v) is 25.3. The van der Waals surface area contributed by atoms with Crippen molar-refractivity contribution >= 4 is 78.1 Å². The average Bonchev–Trinajstić information content (AvgIpc) is 4.34. The Morgan fingerprint density at radius 1 is 0.640 bits per heavy atom. The third kappa shape index (κ3) is 8.05. The molecule has 0 radical (unpaired) electrons. The number of aryl methyl sites for hydroxylation is 1. The quantitative estimate of drug-likeness (QED) is 0.0900. The minimum Gasteiger partial charge on any atom is -0.335 e. The Labute approximate surface area is 431 Å². The number of H-pyrrole nitrogens is 3. The molecule has 0 fully saturated rings. The Morgan fingerprint density at radius 2 is 1.35 bits per heavy atom. The summed E-state index contributed by atoms with van der Waals surface area (Å²) in [5.74, 6) is -0.890. The number of amides is 1. The largest absolute Gasteiger partial charge is 0.335 e. The highest BCUT2D eigenvalue weighted by Crippen LogP contribution is 2.45. The molecule has 0 bridgehead atoms. The molecule has 0 saturated heterocycles. The molecule has 13 rings (SSSR count). The molecule has 0 saturated carbocycles. The van der Waals surface area contributed by atoms with Gasteiger partial charge in [0.05, 0.1) is 75.4 Å². The number of anilines is 1. The molecular weight excluding hydrogens is 991 g/mol. The molecule has 0 aliphatic rings. The normalized spacial score (nSPS) is 11.8. The van der Waals surface area contributed by atoms with Crippen molar-refractivity contribution in [1.82, 2.24) is 74.7 Å². The molecule has 12 aromatic heterocycles. The van der Waals surface area contributed by atoms with Crippen LogP contribution in [0.5, 0.6) is 0 Å². The zero-order valence-electron chi connectivity index (χ0n) is 39.9. The van der Waals surface area contributed by atoms with Crippen LogP contribution in [0.4, 0.5) is 14.5 Å². The Morgan fingerprint density at radius 3 is 2.12 bits per heavy atom. The fraction of sp³-hybridized carbons (Fsp3) is 0.0926. The second kappa shape index (κ2) is 18.3. The number of fused-ring (bicyclic) bond motifs is 4. The van der Waals surface area contributed by atoms with Gasteiger partial charge in [-0.15, -0.1) is 0 Å². The lowest BCUT2D eigenvalue weighted by Gasteiger charge is -2.12. The van der Waals surface area contributed by atoms with Gasteiger partial charge in [0.25, 0.3) is 0 Å². The molecule has 12 heterocycles. The number of halogens is 2. The van der Waals surface area contributed by atoms with Gasteiger partial charge in [-0.1, -0.05) is 30.3 Å². The number of rotatable bonds is 12. The maximum atomic E-state index is 17.9. The summed E-state index contributed by atoms with van der Waals surface area (Å²) in [6, 6.07) is 14.9. The van der Waals surface area contributed by atoms with Crippen LogP contribution in [0.15, 0.2) is 126 Å². The van der Waals surface area contributed by atoms with Gasteiger partial charge in [-0.3, -0.25) is 39.5 Å². The Bertz CT molecular complexity index is 4350. The van der Waals surface area contributed by atoms with Gasteiger partial charge in [0.1, 0.15) is 33.8 Å². The highest BCUT2D eigenvalue weighted by molar-refractivity contribution is 7.09. The van der Waals surface area contributed by atoms with Crippen LogP contribution in [0.2, 0.25) is 0 Å². The second-order valence-corrected chi connectivity index (χ2v) is 19.7. The molecule has 17 nitrogen and oxygen atoms in total. The summed E-state index contributed by atoms with van der Waals surface area (Å²) in [5, 5.41) is 23.6. The van der Waals surface area contributed by atoms with Gasteiger partial charge in [-0.25, -0.2) is 23.7 Å². The number of carbonyl (C=O) groups is 1. The first-order chi connectivity index (χ1) is 36.6. The van der Waals surface area contributed by atoms with Gasteiger partial charge in [-0.2, -0.15) is 32.9 Å². The third-order valence-electron chi connectivity index (χ3n) is 12.8. The third-order valence-corrected chi connectivity index (χ3v) is 14.2. The number of thiophene rings is 2. The lowest BCUT2D eigenvalue weighted by Crippen LogP contribution is -2.14. The van der Waals surface area contributed by atoms with E-state index in [9.17, 15) is 4.79 Å². The molecule has 1 aromatic carbocycles. The second-order valence-electron chi connectivity index (χ2n) is 18.1. The van der Waals surface area contributed by atoms with Crippen LogP contribution in [0.25, 0.3) is 123 Å². The molecule has 366 valence electrons. The van der Waals surface area contributed by atoms with Crippen molar-refractivity contribution in [3.05, 3.63) is 149 Å². The molecule has 13 aromatic rings. The molecule has 1 amide bonds. The first-order valence-electron chi connectivity index (χ1n) is 23.4. The first kappa shape index (κ1) is 45.5. The van der Waals surface area contributed by atoms with E-state index >= 15 is 8.78 Å². The van der Waals surface area contributed by atoms with E-state index in [2.05, 4.69) is 50.4 Å². The van der Waals surface area contributed by atoms with Crippen LogP contribution in [-0.2, 0) is 24.8 Å². The molecule has 21 heteroatoms. The number of hydrogen-bond donors (Lipinski definition) is 4. The average molecular weight is 1030 g/mol. The minimum absolute atomic E-state index is 0.0350. The van der Waals surface area contributed by atoms with Gasteiger partial charge < -0.3 is 20.2 Å². The Balaban J connectivity index is 0.954. The standard InChI is InChI=1S/C54H38F2N16OS2/c1-71(2)23-28-11-30(15-57-14-28)45-43(55)41-37(22-61-45)68-69-50(41)53-63-39-21-60-19-34(48(39)67-53)35-25-75-26-36(35)49-52-42(51(70-72(52)3)54-64-38-20-59-18-33(47(38)66-54)29-9-10-74-24-29)44(56)46(65-49)31-13-32(17-58-16-31)62-40(73)12-27-7-5-4-6-8-27/h4-11,13-22,24-26H,12,23H2,1-3H3,(H,62,73)(H,63,67)(H,64,66)(H,68,69). The minimum atomic E-state index is -0.671. The van der Waals surface area contributed by atoms with E-state index in [1.54, 1.807) is 72.5 Å². The van der Waals surface area contributed by atoms with Crippen molar-refractivity contribution in [3.63, 3.8) is 0 Å². The monoisotopic (exact) mass is 1030 g/mol. The van der Waals surface area contributed by atoms with Gasteiger partial charge in [0.15, 0.2) is 23.3 Å². The maximum absolute atomic E-state index is 17.9. The van der Waals surface area contributed by atoms with Crippen LogP contribution < -0.4 is 5.32 Å². The van der Waals surface area contributed by atoms with Gasteiger partial charge >= 0.3 is 0 Å². The summed E-state index contributed by atoms with van der Waals surface area (Å²) in [7, 11) is 5.64. The summed E-state index contributed by atoms with van der Waals surface area (Å²) < 4.78 is 36.3. The van der Waals surface area contributed by atoms with E-state index in [-0.39, 0.29) is 45.9 Å². The van der Waals surface area contributed by atoms with Gasteiger partial charge in [0, 0.05) is 83.3 Å². The summed E-state index contributed by atoms with van der Waals surface area (Å²) in [6.07, 6.45) is 14.8. The lowest BCUT2D eigenvalue weighted by atomic mass is 9.99. The van der Waals surface area contributed by atoms with E-state index in [1.165, 1.54) is 23.7 Å². The van der Waals surface area contributed by atoms with Crippen molar-refractivity contribution in [2.45, 2.75) is 13.0 Å². The van der Waals surface area contributed by atoms with Crippen molar-refractivity contribution in [2.24, 2.45) is 7.05 Å². The van der Waals surface area contributed by atoms with E-state index in [4.69, 9.17) is 20.1 Å². The van der Waals surface area contributed by atoms with E-state index in [0.717, 1.165) is 22.3 Å². The van der Waals surface area contributed by atoms with Crippen molar-refractivity contribution in [2.75, 3.05) is 19.4 Å². The highest BCUT2D eigenvalue weighted by Gasteiger charge is 2.29. The van der Waals surface area contributed by atoms with Crippen molar-refractivity contribution < 1.29 is 13.6 Å². The van der Waals surface area contributed by atoms with Crippen LogP contribution >= 0.6 is 22.7 Å². The molecule has 0 unspecified atom stereocenters. The Hall–Kier alpha value is -9.31. The molecule has 0 atom stereocenters. The van der Waals surface area contributed by atoms with Gasteiger partial charge in [-0.05, 0) is 65.1 Å². The Kier molecular flexibility index (Phi) is 11.1. The number of hydrogen-bond acceptors (Lipinski definition) is 14. The molecule has 0 aliphatic carbocycles. The SMILES string of the molecule is CN(C)Cc1cncc(-c2ncc3[nH]nc(-c4nc5c(-c6cscc6-c6nc(-c7cncc(NC(=O)Cc8ccccc8)c7)c(F)c7c(-c8nc9c(-c%10ccsc%10)cncc9[nH]8)nn(C)c67)cncc5[nH]4)c3c2F)c1. The molecule has 0 aliphatic heterocycles. The van der Waals surface area contributed by atoms with E-state index in [0.29, 0.717) is 90.5 Å². The van der Waals surface area contributed by atoms with Crippen molar-refractivity contribution in [1.29, 1.82) is 0 Å².